The number of ketones is 1. The van der Waals surface area contributed by atoms with E-state index in [0.29, 0.717) is 44.8 Å². The molecule has 3 aromatic rings. The van der Waals surface area contributed by atoms with Crippen LogP contribution in [0.15, 0.2) is 61.2 Å². The highest BCUT2D eigenvalue weighted by Gasteiger charge is 2.33. The number of hydrogen-bond acceptors (Lipinski definition) is 5. The number of benzene rings is 3. The molecule has 0 bridgehead atoms. The van der Waals surface area contributed by atoms with Crippen molar-refractivity contribution in [3.8, 4) is 5.75 Å². The van der Waals surface area contributed by atoms with E-state index >= 15 is 0 Å². The Balaban J connectivity index is 0.00000133. The molecule has 0 unspecified atom stereocenters. The minimum absolute atomic E-state index is 0.0766. The van der Waals surface area contributed by atoms with E-state index in [1.165, 1.54) is 17.0 Å². The zero-order chi connectivity index (χ0) is 24.4. The van der Waals surface area contributed by atoms with E-state index in [9.17, 15) is 14.0 Å². The molecular formula is C27H24FNO5. The first-order valence-electron chi connectivity index (χ1n) is 10.7. The highest BCUT2D eigenvalue weighted by Crippen LogP contribution is 2.39. The molecule has 0 aliphatic carbocycles. The van der Waals surface area contributed by atoms with Crippen LogP contribution in [0.1, 0.15) is 38.2 Å². The molecule has 0 fully saturated rings. The summed E-state index contributed by atoms with van der Waals surface area (Å²) in [6, 6.07) is 15.3. The van der Waals surface area contributed by atoms with Crippen molar-refractivity contribution in [2.45, 2.75) is 20.1 Å². The Bertz CT molecular complexity index is 1300. The van der Waals surface area contributed by atoms with Crippen LogP contribution >= 0.6 is 0 Å². The van der Waals surface area contributed by atoms with Crippen molar-refractivity contribution in [2.75, 3.05) is 18.8 Å². The van der Waals surface area contributed by atoms with Gasteiger partial charge in [0.1, 0.15) is 11.6 Å². The Morgan fingerprint density at radius 1 is 1.15 bits per heavy atom. The summed E-state index contributed by atoms with van der Waals surface area (Å²) in [5, 5.41) is 7.00. The van der Waals surface area contributed by atoms with Gasteiger partial charge >= 0.3 is 0 Å². The standard InChI is InChI=1S/C26H20FNO4.CH4O/c1-15-5-3-4-6-21(15)24(29)17-7-8-23-22(11-17)16(2)26(30)28(23)12-18-9-20(27)10-19-13-31-14-32-25(18)19;1-2/h3-11H,2,12-14H2,1H3;2H,1H3. The molecule has 7 heteroatoms. The molecule has 0 radical (unpaired) electrons. The lowest BCUT2D eigenvalue weighted by Gasteiger charge is -2.24. The number of fused-ring (bicyclic) bond motifs is 2. The average Bonchev–Trinajstić information content (AvgIpc) is 3.09. The fourth-order valence-corrected chi connectivity index (χ4v) is 4.23. The van der Waals surface area contributed by atoms with Gasteiger partial charge in [0.05, 0.1) is 18.8 Å². The molecule has 6 nitrogen and oxygen atoms in total. The van der Waals surface area contributed by atoms with E-state index in [1.807, 2.05) is 25.1 Å². The van der Waals surface area contributed by atoms with Crippen molar-refractivity contribution in [1.29, 1.82) is 0 Å². The van der Waals surface area contributed by atoms with Crippen LogP contribution in [0.25, 0.3) is 5.57 Å². The first kappa shape index (κ1) is 23.4. The predicted octanol–water partition coefficient (Wildman–Crippen LogP) is 4.40. The molecule has 0 saturated heterocycles. The van der Waals surface area contributed by atoms with E-state index in [-0.39, 0.29) is 31.6 Å². The van der Waals surface area contributed by atoms with Gasteiger partial charge in [0.15, 0.2) is 12.6 Å². The molecule has 1 amide bonds. The lowest BCUT2D eigenvalue weighted by atomic mass is 9.96. The predicted molar refractivity (Wildman–Crippen MR) is 126 cm³/mol. The topological polar surface area (TPSA) is 76.1 Å². The molecule has 2 heterocycles. The summed E-state index contributed by atoms with van der Waals surface area (Å²) in [6.07, 6.45) is 0. The molecule has 2 aliphatic heterocycles. The van der Waals surface area contributed by atoms with Gasteiger partial charge in [-0.2, -0.15) is 0 Å². The molecule has 0 saturated carbocycles. The summed E-state index contributed by atoms with van der Waals surface area (Å²) in [5.41, 5.74) is 4.68. The number of aliphatic hydroxyl groups is 1. The van der Waals surface area contributed by atoms with E-state index in [2.05, 4.69) is 6.58 Å². The maximum atomic E-state index is 14.2. The van der Waals surface area contributed by atoms with Gasteiger partial charge in [-0.25, -0.2) is 4.39 Å². The summed E-state index contributed by atoms with van der Waals surface area (Å²) >= 11 is 0. The fourth-order valence-electron chi connectivity index (χ4n) is 4.23. The Morgan fingerprint density at radius 2 is 1.91 bits per heavy atom. The van der Waals surface area contributed by atoms with Gasteiger partial charge in [0.2, 0.25) is 0 Å². The first-order chi connectivity index (χ1) is 16.4. The number of carbonyl (C=O) groups is 2. The number of ether oxygens (including phenoxy) is 2. The second kappa shape index (κ2) is 9.59. The van der Waals surface area contributed by atoms with Crippen molar-refractivity contribution in [3.63, 3.8) is 0 Å². The van der Waals surface area contributed by atoms with Crippen molar-refractivity contribution in [3.05, 3.63) is 100 Å². The Kier molecular flexibility index (Phi) is 6.58. The van der Waals surface area contributed by atoms with E-state index in [1.54, 1.807) is 24.3 Å². The minimum atomic E-state index is -0.419. The second-order valence-corrected chi connectivity index (χ2v) is 7.91. The normalized spacial score (nSPS) is 14.1. The monoisotopic (exact) mass is 461 g/mol. The molecule has 34 heavy (non-hydrogen) atoms. The van der Waals surface area contributed by atoms with Crippen LogP contribution in [-0.4, -0.2) is 30.7 Å². The lowest BCUT2D eigenvalue weighted by Crippen LogP contribution is -2.26. The maximum Gasteiger partial charge on any atom is 0.258 e. The fraction of sp³-hybridized carbons (Fsp3) is 0.185. The quantitative estimate of drug-likeness (QED) is 0.460. The van der Waals surface area contributed by atoms with Crippen LogP contribution < -0.4 is 9.64 Å². The summed E-state index contributed by atoms with van der Waals surface area (Å²) < 4.78 is 25.0. The Labute approximate surface area is 196 Å². The number of aryl methyl sites for hydroxylation is 1. The zero-order valence-corrected chi connectivity index (χ0v) is 18.9. The van der Waals surface area contributed by atoms with Gasteiger partial charge in [-0.15, -0.1) is 0 Å². The molecular weight excluding hydrogens is 437 g/mol. The van der Waals surface area contributed by atoms with Crippen LogP contribution in [0.5, 0.6) is 5.75 Å². The number of anilines is 1. The largest absolute Gasteiger partial charge is 0.467 e. The summed E-state index contributed by atoms with van der Waals surface area (Å²) in [7, 11) is 1.00. The molecule has 3 aromatic carbocycles. The Hall–Kier alpha value is -3.81. The number of amides is 1. The highest BCUT2D eigenvalue weighted by molar-refractivity contribution is 6.32. The lowest BCUT2D eigenvalue weighted by molar-refractivity contribution is -0.113. The molecule has 0 spiro atoms. The van der Waals surface area contributed by atoms with Gasteiger partial charge in [-0.3, -0.25) is 9.59 Å². The van der Waals surface area contributed by atoms with Crippen LogP contribution in [-0.2, 0) is 22.7 Å². The van der Waals surface area contributed by atoms with E-state index < -0.39 is 5.82 Å². The third kappa shape index (κ3) is 4.11. The minimum Gasteiger partial charge on any atom is -0.467 e. The third-order valence-electron chi connectivity index (χ3n) is 5.85. The number of hydrogen-bond donors (Lipinski definition) is 1. The van der Waals surface area contributed by atoms with Crippen LogP contribution in [0.2, 0.25) is 0 Å². The molecule has 0 aromatic heterocycles. The van der Waals surface area contributed by atoms with Crippen LogP contribution in [0, 0.1) is 12.7 Å². The SMILES string of the molecule is C=C1C(=O)N(Cc2cc(F)cc3c2OCOC3)c2ccc(C(=O)c3ccccc3C)cc21.CO. The first-order valence-corrected chi connectivity index (χ1v) is 10.7. The highest BCUT2D eigenvalue weighted by atomic mass is 19.1. The third-order valence-corrected chi connectivity index (χ3v) is 5.85. The summed E-state index contributed by atoms with van der Waals surface area (Å²) in [5.74, 6) is -0.281. The number of carbonyl (C=O) groups excluding carboxylic acids is 2. The van der Waals surface area contributed by atoms with Gasteiger partial charge in [0.25, 0.3) is 5.91 Å². The number of aliphatic hydroxyl groups excluding tert-OH is 1. The van der Waals surface area contributed by atoms with Gasteiger partial charge in [-0.1, -0.05) is 30.8 Å². The van der Waals surface area contributed by atoms with Gasteiger partial charge in [-0.05, 0) is 42.8 Å². The molecule has 5 rings (SSSR count). The second-order valence-electron chi connectivity index (χ2n) is 7.91. The smallest absolute Gasteiger partial charge is 0.258 e. The maximum absolute atomic E-state index is 14.2. The van der Waals surface area contributed by atoms with Crippen molar-refractivity contribution in [1.82, 2.24) is 0 Å². The van der Waals surface area contributed by atoms with Gasteiger partial charge < -0.3 is 19.5 Å². The molecule has 0 atom stereocenters. The van der Waals surface area contributed by atoms with Gasteiger partial charge in [0, 0.05) is 40.5 Å². The summed E-state index contributed by atoms with van der Waals surface area (Å²) in [6.45, 7) is 6.27. The van der Waals surface area contributed by atoms with E-state index in [4.69, 9.17) is 14.6 Å². The molecule has 174 valence electrons. The van der Waals surface area contributed by atoms with Crippen molar-refractivity contribution < 1.29 is 28.6 Å². The Morgan fingerprint density at radius 3 is 2.68 bits per heavy atom. The molecule has 1 N–H and O–H groups in total. The molecule has 2 aliphatic rings. The average molecular weight is 461 g/mol. The van der Waals surface area contributed by atoms with E-state index in [0.717, 1.165) is 12.7 Å². The number of halogens is 1. The summed E-state index contributed by atoms with van der Waals surface area (Å²) in [4.78, 5) is 27.6. The zero-order valence-electron chi connectivity index (χ0n) is 18.9. The number of rotatable bonds is 4. The number of nitrogens with zero attached hydrogens (tertiary/aromatic N) is 1. The van der Waals surface area contributed by atoms with Crippen molar-refractivity contribution >= 4 is 23.0 Å². The van der Waals surface area contributed by atoms with Crippen LogP contribution in [0.3, 0.4) is 0 Å². The van der Waals surface area contributed by atoms with Crippen molar-refractivity contribution in [2.24, 2.45) is 0 Å². The van der Waals surface area contributed by atoms with Crippen LogP contribution in [0.4, 0.5) is 10.1 Å².